The number of hydrogen-bond donors (Lipinski definition) is 1. The van der Waals surface area contributed by atoms with Gasteiger partial charge in [0.2, 0.25) is 0 Å². The molecule has 1 N–H and O–H groups in total. The first-order valence-electron chi connectivity index (χ1n) is 7.60. The molecule has 0 amide bonds. The van der Waals surface area contributed by atoms with Crippen LogP contribution in [-0.2, 0) is 5.41 Å². The number of para-hydroxylation sites is 1. The van der Waals surface area contributed by atoms with Gasteiger partial charge in [0, 0.05) is 17.3 Å². The van der Waals surface area contributed by atoms with Gasteiger partial charge in [0.25, 0.3) is 0 Å². The van der Waals surface area contributed by atoms with Crippen molar-refractivity contribution in [3.05, 3.63) is 28.9 Å². The number of benzene rings is 1. The highest BCUT2D eigenvalue weighted by Crippen LogP contribution is 2.59. The van der Waals surface area contributed by atoms with Crippen molar-refractivity contribution in [3.8, 4) is 0 Å². The van der Waals surface area contributed by atoms with E-state index in [2.05, 4.69) is 28.1 Å². The summed E-state index contributed by atoms with van der Waals surface area (Å²) in [6.45, 7) is 5.88. The van der Waals surface area contributed by atoms with E-state index in [1.165, 1.54) is 43.4 Å². The average Bonchev–Trinajstić information content (AvgIpc) is 3.00. The van der Waals surface area contributed by atoms with Crippen LogP contribution < -0.4 is 0 Å². The van der Waals surface area contributed by atoms with E-state index in [1.807, 2.05) is 12.1 Å². The fraction of sp³-hybridized carbons (Fsp3) is 0.562. The van der Waals surface area contributed by atoms with Gasteiger partial charge in [-0.05, 0) is 44.3 Å². The van der Waals surface area contributed by atoms with Gasteiger partial charge in [-0.1, -0.05) is 30.7 Å². The van der Waals surface area contributed by atoms with E-state index in [4.69, 9.17) is 11.6 Å². The highest BCUT2D eigenvalue weighted by atomic mass is 35.5. The molecule has 2 aliphatic rings. The van der Waals surface area contributed by atoms with Gasteiger partial charge in [0.1, 0.15) is 0 Å². The van der Waals surface area contributed by atoms with Crippen molar-refractivity contribution in [1.29, 1.82) is 0 Å². The number of likely N-dealkylation sites (tertiary alicyclic amines) is 1. The Kier molecular flexibility index (Phi) is 2.83. The minimum absolute atomic E-state index is 0.288. The highest BCUT2D eigenvalue weighted by Gasteiger charge is 2.59. The molecular weight excluding hydrogens is 270 g/mol. The summed E-state index contributed by atoms with van der Waals surface area (Å²) in [5.41, 5.74) is 2.54. The van der Waals surface area contributed by atoms with E-state index in [0.29, 0.717) is 0 Å². The Morgan fingerprint density at radius 2 is 2.40 bits per heavy atom. The molecule has 1 saturated heterocycles. The average molecular weight is 290 g/mol. The first kappa shape index (κ1) is 12.7. The number of nitrogens with zero attached hydrogens (tertiary/aromatic N) is 2. The third-order valence-electron chi connectivity index (χ3n) is 5.09. The predicted molar refractivity (Wildman–Crippen MR) is 82.2 cm³/mol. The maximum Gasteiger partial charge on any atom is 0.0839 e. The largest absolute Gasteiger partial charge is 0.302 e. The van der Waals surface area contributed by atoms with Gasteiger partial charge in [0.15, 0.2) is 0 Å². The number of hydrogen-bond acceptors (Lipinski definition) is 2. The van der Waals surface area contributed by atoms with Crippen LogP contribution in [0.4, 0.5) is 0 Å². The number of aromatic nitrogens is 2. The van der Waals surface area contributed by atoms with Crippen molar-refractivity contribution in [2.75, 3.05) is 19.6 Å². The SMILES string of the molecule is CCCN1CC[C@@H]2CC2(c2n[nH]c3c(Cl)cccc23)C1. The Labute approximate surface area is 124 Å². The van der Waals surface area contributed by atoms with Crippen molar-refractivity contribution in [2.24, 2.45) is 5.92 Å². The molecule has 4 rings (SSSR count). The van der Waals surface area contributed by atoms with Crippen molar-refractivity contribution in [1.82, 2.24) is 15.1 Å². The molecule has 2 fully saturated rings. The number of fused-ring (bicyclic) bond motifs is 2. The smallest absolute Gasteiger partial charge is 0.0839 e. The zero-order valence-electron chi connectivity index (χ0n) is 11.8. The Hall–Kier alpha value is -1.06. The molecule has 0 bridgehead atoms. The van der Waals surface area contributed by atoms with Gasteiger partial charge >= 0.3 is 0 Å². The lowest BCUT2D eigenvalue weighted by atomic mass is 9.91. The van der Waals surface area contributed by atoms with E-state index >= 15 is 0 Å². The summed E-state index contributed by atoms with van der Waals surface area (Å²) in [5, 5.41) is 9.80. The summed E-state index contributed by atoms with van der Waals surface area (Å²) >= 11 is 6.27. The van der Waals surface area contributed by atoms with E-state index in [0.717, 1.165) is 23.0 Å². The van der Waals surface area contributed by atoms with E-state index in [-0.39, 0.29) is 5.41 Å². The van der Waals surface area contributed by atoms with Crippen LogP contribution in [0, 0.1) is 5.92 Å². The van der Waals surface area contributed by atoms with Crippen molar-refractivity contribution in [2.45, 2.75) is 31.6 Å². The first-order valence-corrected chi connectivity index (χ1v) is 7.98. The molecule has 0 radical (unpaired) electrons. The lowest BCUT2D eigenvalue weighted by Gasteiger charge is -2.31. The molecule has 2 aromatic rings. The summed E-state index contributed by atoms with van der Waals surface area (Å²) in [5.74, 6) is 0.820. The predicted octanol–water partition coefficient (Wildman–Crippen LogP) is 3.59. The monoisotopic (exact) mass is 289 g/mol. The van der Waals surface area contributed by atoms with Gasteiger partial charge in [0.05, 0.1) is 16.2 Å². The highest BCUT2D eigenvalue weighted by molar-refractivity contribution is 6.35. The number of H-pyrrole nitrogens is 1. The summed E-state index contributed by atoms with van der Waals surface area (Å²) in [7, 11) is 0. The number of nitrogens with one attached hydrogen (secondary N) is 1. The van der Waals surface area contributed by atoms with Crippen LogP contribution in [0.15, 0.2) is 18.2 Å². The van der Waals surface area contributed by atoms with Crippen LogP contribution in [0.1, 0.15) is 31.9 Å². The molecule has 1 aliphatic carbocycles. The molecule has 106 valence electrons. The third-order valence-corrected chi connectivity index (χ3v) is 5.41. The lowest BCUT2D eigenvalue weighted by molar-refractivity contribution is 0.200. The summed E-state index contributed by atoms with van der Waals surface area (Å²) in [4.78, 5) is 2.61. The summed E-state index contributed by atoms with van der Waals surface area (Å²) in [6.07, 6.45) is 3.84. The molecule has 20 heavy (non-hydrogen) atoms. The maximum atomic E-state index is 6.27. The van der Waals surface area contributed by atoms with Gasteiger partial charge in [-0.3, -0.25) is 5.10 Å². The Bertz CT molecular complexity index is 650. The molecule has 2 heterocycles. The Morgan fingerprint density at radius 1 is 1.50 bits per heavy atom. The van der Waals surface area contributed by atoms with Crippen LogP contribution in [0.5, 0.6) is 0 Å². The number of aromatic amines is 1. The van der Waals surface area contributed by atoms with E-state index in [9.17, 15) is 0 Å². The molecule has 0 spiro atoms. The van der Waals surface area contributed by atoms with Gasteiger partial charge in [-0.15, -0.1) is 0 Å². The van der Waals surface area contributed by atoms with Crippen LogP contribution in [-0.4, -0.2) is 34.7 Å². The van der Waals surface area contributed by atoms with E-state index in [1.54, 1.807) is 0 Å². The zero-order valence-corrected chi connectivity index (χ0v) is 12.6. The lowest BCUT2D eigenvalue weighted by Crippen LogP contribution is -2.39. The maximum absolute atomic E-state index is 6.27. The minimum atomic E-state index is 0.288. The standard InChI is InChI=1S/C16H20ClN3/c1-2-7-20-8-6-11-9-16(11,10-20)15-12-4-3-5-13(17)14(12)18-19-15/h3-5,11H,2,6-10H2,1H3,(H,18,19)/t11-,16?/m1/s1. The molecule has 4 heteroatoms. The fourth-order valence-electron chi connectivity index (χ4n) is 4.03. The second-order valence-corrected chi connectivity index (χ2v) is 6.76. The van der Waals surface area contributed by atoms with Crippen LogP contribution >= 0.6 is 11.6 Å². The molecule has 2 atom stereocenters. The fourth-order valence-corrected chi connectivity index (χ4v) is 4.24. The van der Waals surface area contributed by atoms with Crippen molar-refractivity contribution < 1.29 is 0 Å². The molecule has 1 aromatic carbocycles. The van der Waals surface area contributed by atoms with Crippen molar-refractivity contribution in [3.63, 3.8) is 0 Å². The zero-order chi connectivity index (χ0) is 13.7. The number of halogens is 1. The molecule has 3 nitrogen and oxygen atoms in total. The van der Waals surface area contributed by atoms with Crippen molar-refractivity contribution >= 4 is 22.5 Å². The van der Waals surface area contributed by atoms with Crippen LogP contribution in [0.2, 0.25) is 5.02 Å². The Morgan fingerprint density at radius 3 is 3.25 bits per heavy atom. The normalized spacial score (nSPS) is 29.6. The topological polar surface area (TPSA) is 31.9 Å². The quantitative estimate of drug-likeness (QED) is 0.936. The number of piperidine rings is 1. The van der Waals surface area contributed by atoms with Gasteiger partial charge in [-0.2, -0.15) is 5.10 Å². The molecular formula is C16H20ClN3. The molecule has 1 unspecified atom stereocenters. The minimum Gasteiger partial charge on any atom is -0.302 e. The van der Waals surface area contributed by atoms with E-state index < -0.39 is 0 Å². The number of rotatable bonds is 3. The molecule has 1 aliphatic heterocycles. The Balaban J connectivity index is 1.74. The summed E-state index contributed by atoms with van der Waals surface area (Å²) < 4.78 is 0. The van der Waals surface area contributed by atoms with Crippen LogP contribution in [0.25, 0.3) is 10.9 Å². The second-order valence-electron chi connectivity index (χ2n) is 6.36. The second kappa shape index (κ2) is 4.47. The molecule has 1 saturated carbocycles. The van der Waals surface area contributed by atoms with Gasteiger partial charge < -0.3 is 4.90 Å². The van der Waals surface area contributed by atoms with Crippen LogP contribution in [0.3, 0.4) is 0 Å². The summed E-state index contributed by atoms with van der Waals surface area (Å²) in [6, 6.07) is 6.12. The first-order chi connectivity index (χ1) is 9.74. The third kappa shape index (κ3) is 1.73. The van der Waals surface area contributed by atoms with Gasteiger partial charge in [-0.25, -0.2) is 0 Å². The molecule has 1 aromatic heterocycles.